The van der Waals surface area contributed by atoms with Crippen LogP contribution in [0.25, 0.3) is 0 Å². The van der Waals surface area contributed by atoms with Gasteiger partial charge in [0.25, 0.3) is 0 Å². The molecule has 0 fully saturated rings. The molecule has 0 saturated heterocycles. The van der Waals surface area contributed by atoms with Crippen LogP contribution in [0.1, 0.15) is 0 Å². The third-order valence-corrected chi connectivity index (χ3v) is 15.6. The van der Waals surface area contributed by atoms with Crippen LogP contribution in [0.3, 0.4) is 0 Å². The zero-order valence-corrected chi connectivity index (χ0v) is 21.4. The van der Waals surface area contributed by atoms with Gasteiger partial charge >= 0.3 is 8.80 Å². The number of halogens is 5. The Kier molecular flexibility index (Phi) is 8.45. The first-order chi connectivity index (χ1) is 8.36. The Morgan fingerprint density at radius 3 is 1.17 bits per heavy atom. The minimum atomic E-state index is -2.80. The van der Waals surface area contributed by atoms with Gasteiger partial charge in [-0.05, 0) is 113 Å². The molecule has 102 valence electrons. The van der Waals surface area contributed by atoms with Crippen LogP contribution in [0.15, 0.2) is 0 Å². The molecule has 1 aromatic carbocycles. The molecule has 0 unspecified atom stereocenters. The lowest BCUT2D eigenvalue weighted by Gasteiger charge is -2.28. The highest BCUT2D eigenvalue weighted by Gasteiger charge is 2.45. The first-order valence-electron chi connectivity index (χ1n) is 4.53. The summed E-state index contributed by atoms with van der Waals surface area (Å²) in [6, 6.07) is 0. The highest BCUT2D eigenvalue weighted by atomic mass is 127. The van der Waals surface area contributed by atoms with Crippen molar-refractivity contribution in [3.8, 4) is 0 Å². The van der Waals surface area contributed by atoms with E-state index in [9.17, 15) is 0 Å². The molecule has 1 rings (SSSR count). The molecule has 0 aliphatic carbocycles. The Morgan fingerprint density at radius 1 is 0.611 bits per heavy atom. The van der Waals surface area contributed by atoms with Crippen LogP contribution in [0, 0.1) is 17.9 Å². The molecule has 0 N–H and O–H groups in total. The summed E-state index contributed by atoms with van der Waals surface area (Å²) in [5.41, 5.74) is 0. The number of hydrogen-bond acceptors (Lipinski definition) is 3. The maximum Gasteiger partial charge on any atom is 0.538 e. The predicted octanol–water partition coefficient (Wildman–Crippen LogP) is 3.79. The Hall–Kier alpha value is 2.97. The molecular weight excluding hydrogens is 819 g/mol. The lowest BCUT2D eigenvalue weighted by atomic mass is 10.4. The molecular formula is C9H9I5O3Si. The summed E-state index contributed by atoms with van der Waals surface area (Å²) in [7, 11) is 2.13. The van der Waals surface area contributed by atoms with E-state index in [1.165, 1.54) is 10.7 Å². The SMILES string of the molecule is CO[Si](OC)(OC)c1c(I)c(I)c(I)c(I)c1I. The Balaban J connectivity index is 3.69. The van der Waals surface area contributed by atoms with E-state index in [0.29, 0.717) is 0 Å². The average molecular weight is 828 g/mol. The van der Waals surface area contributed by atoms with E-state index < -0.39 is 8.80 Å². The summed E-state index contributed by atoms with van der Waals surface area (Å²) in [6.45, 7) is 0. The van der Waals surface area contributed by atoms with Crippen molar-refractivity contribution in [2.45, 2.75) is 0 Å². The van der Waals surface area contributed by atoms with Gasteiger partial charge < -0.3 is 13.3 Å². The zero-order chi connectivity index (χ0) is 14.1. The minimum Gasteiger partial charge on any atom is -0.373 e. The molecule has 0 amide bonds. The van der Waals surface area contributed by atoms with Gasteiger partial charge in [0.2, 0.25) is 0 Å². The fraction of sp³-hybridized carbons (Fsp3) is 0.333. The predicted molar refractivity (Wildman–Crippen MR) is 116 cm³/mol. The molecule has 0 radical (unpaired) electrons. The van der Waals surface area contributed by atoms with Gasteiger partial charge in [-0.25, -0.2) is 0 Å². The van der Waals surface area contributed by atoms with E-state index >= 15 is 0 Å². The van der Waals surface area contributed by atoms with E-state index in [-0.39, 0.29) is 0 Å². The van der Waals surface area contributed by atoms with Crippen molar-refractivity contribution in [1.29, 1.82) is 0 Å². The van der Waals surface area contributed by atoms with Gasteiger partial charge in [0.05, 0.1) is 5.19 Å². The maximum absolute atomic E-state index is 5.61. The minimum absolute atomic E-state index is 1.06. The highest BCUT2D eigenvalue weighted by Crippen LogP contribution is 2.30. The van der Waals surface area contributed by atoms with Gasteiger partial charge in [0.1, 0.15) is 0 Å². The van der Waals surface area contributed by atoms with Crippen LogP contribution >= 0.6 is 113 Å². The summed E-state index contributed by atoms with van der Waals surface area (Å²) in [6.07, 6.45) is 0. The molecule has 9 heteroatoms. The van der Waals surface area contributed by atoms with Crippen molar-refractivity contribution in [3.63, 3.8) is 0 Å². The number of rotatable bonds is 4. The molecule has 0 aliphatic rings. The van der Waals surface area contributed by atoms with E-state index in [4.69, 9.17) is 13.3 Å². The molecule has 3 nitrogen and oxygen atoms in total. The second-order valence-electron chi connectivity index (χ2n) is 3.11. The molecule has 0 aromatic heterocycles. The second-order valence-corrected chi connectivity index (χ2v) is 11.3. The molecule has 0 spiro atoms. The molecule has 0 saturated carbocycles. The molecule has 0 atom stereocenters. The average Bonchev–Trinajstić information content (AvgIpc) is 2.39. The molecule has 18 heavy (non-hydrogen) atoms. The van der Waals surface area contributed by atoms with E-state index in [0.717, 1.165) is 12.3 Å². The summed E-state index contributed by atoms with van der Waals surface area (Å²) in [5, 5.41) is 1.06. The van der Waals surface area contributed by atoms with Crippen LogP contribution in [0.5, 0.6) is 0 Å². The molecule has 1 aromatic rings. The van der Waals surface area contributed by atoms with Crippen molar-refractivity contribution in [2.24, 2.45) is 0 Å². The van der Waals surface area contributed by atoms with Crippen molar-refractivity contribution in [1.82, 2.24) is 0 Å². The lowest BCUT2D eigenvalue weighted by molar-refractivity contribution is 0.140. The second kappa shape index (κ2) is 8.00. The van der Waals surface area contributed by atoms with Crippen molar-refractivity contribution >= 4 is 127 Å². The summed E-state index contributed by atoms with van der Waals surface area (Å²) in [5.74, 6) is 0. The van der Waals surface area contributed by atoms with Gasteiger partial charge in [0, 0.05) is 39.2 Å². The Morgan fingerprint density at radius 2 is 0.889 bits per heavy atom. The quantitative estimate of drug-likeness (QED) is 0.201. The van der Waals surface area contributed by atoms with Crippen LogP contribution in [-0.2, 0) is 13.3 Å². The van der Waals surface area contributed by atoms with E-state index in [1.807, 2.05) is 0 Å². The smallest absolute Gasteiger partial charge is 0.373 e. The Labute approximate surface area is 176 Å². The third kappa shape index (κ3) is 3.48. The van der Waals surface area contributed by atoms with Gasteiger partial charge in [-0.1, -0.05) is 0 Å². The van der Waals surface area contributed by atoms with Gasteiger partial charge in [0.15, 0.2) is 0 Å². The largest absolute Gasteiger partial charge is 0.538 e. The normalized spacial score (nSPS) is 12.0. The molecule has 0 bridgehead atoms. The topological polar surface area (TPSA) is 27.7 Å². The molecule has 0 heterocycles. The lowest BCUT2D eigenvalue weighted by Crippen LogP contribution is -2.57. The first-order valence-corrected chi connectivity index (χ1v) is 11.7. The number of benzene rings is 1. The molecule has 0 aliphatic heterocycles. The third-order valence-electron chi connectivity index (χ3n) is 2.32. The fourth-order valence-electron chi connectivity index (χ4n) is 1.43. The summed E-state index contributed by atoms with van der Waals surface area (Å²) < 4.78 is 22.8. The fourth-order valence-corrected chi connectivity index (χ4v) is 10.6. The maximum atomic E-state index is 5.61. The van der Waals surface area contributed by atoms with Gasteiger partial charge in [-0.15, -0.1) is 0 Å². The van der Waals surface area contributed by atoms with Gasteiger partial charge in [-0.3, -0.25) is 0 Å². The zero-order valence-electron chi connectivity index (χ0n) is 9.61. The van der Waals surface area contributed by atoms with E-state index in [1.54, 1.807) is 21.3 Å². The van der Waals surface area contributed by atoms with Crippen LogP contribution < -0.4 is 5.19 Å². The van der Waals surface area contributed by atoms with Crippen LogP contribution in [0.2, 0.25) is 0 Å². The van der Waals surface area contributed by atoms with Crippen LogP contribution in [-0.4, -0.2) is 30.1 Å². The van der Waals surface area contributed by atoms with Crippen molar-refractivity contribution < 1.29 is 13.3 Å². The summed E-state index contributed by atoms with van der Waals surface area (Å²) >= 11 is 11.8. The highest BCUT2D eigenvalue weighted by molar-refractivity contribution is 14.1. The Bertz CT molecular complexity index is 427. The van der Waals surface area contributed by atoms with Crippen molar-refractivity contribution in [3.05, 3.63) is 17.9 Å². The number of hydrogen-bond donors (Lipinski definition) is 0. The van der Waals surface area contributed by atoms with Crippen LogP contribution in [0.4, 0.5) is 0 Å². The standard InChI is InChI=1S/C9H9I5O3Si/c1-15-18(16-2,17-3)9-7(13)5(11)4(10)6(12)8(9)14/h1-3H3. The van der Waals surface area contributed by atoms with Crippen molar-refractivity contribution in [2.75, 3.05) is 21.3 Å². The first kappa shape index (κ1) is 19.0. The van der Waals surface area contributed by atoms with Gasteiger partial charge in [-0.2, -0.15) is 0 Å². The van der Waals surface area contributed by atoms with E-state index in [2.05, 4.69) is 113 Å². The monoisotopic (exact) mass is 828 g/mol. The summed E-state index contributed by atoms with van der Waals surface area (Å²) in [4.78, 5) is 0.